The molecule has 0 saturated heterocycles. The van der Waals surface area contributed by atoms with Gasteiger partial charge in [0.2, 0.25) is 0 Å². The van der Waals surface area contributed by atoms with Crippen LogP contribution in [0.1, 0.15) is 5.56 Å². The number of halogens is 3. The van der Waals surface area contributed by atoms with E-state index in [1.165, 1.54) is 18.2 Å². The molecule has 1 aromatic heterocycles. The molecule has 0 spiro atoms. The van der Waals surface area contributed by atoms with Crippen molar-refractivity contribution in [2.24, 2.45) is 0 Å². The maximum atomic E-state index is 12.4. The van der Waals surface area contributed by atoms with Crippen LogP contribution in [0.5, 0.6) is 5.75 Å². The third-order valence-corrected chi connectivity index (χ3v) is 3.34. The van der Waals surface area contributed by atoms with E-state index in [1.807, 2.05) is 31.2 Å². The predicted molar refractivity (Wildman–Crippen MR) is 84.8 cm³/mol. The van der Waals surface area contributed by atoms with E-state index < -0.39 is 6.36 Å². The molecule has 3 aromatic rings. The van der Waals surface area contributed by atoms with Crippen molar-refractivity contribution in [1.29, 1.82) is 0 Å². The first-order chi connectivity index (χ1) is 11.3. The Hall–Kier alpha value is -2.96. The average Bonchev–Trinajstić information content (AvgIpc) is 2.88. The number of aryl methyl sites for hydroxylation is 1. The third kappa shape index (κ3) is 3.51. The molecule has 24 heavy (non-hydrogen) atoms. The highest BCUT2D eigenvalue weighted by molar-refractivity contribution is 5.66. The first-order valence-corrected chi connectivity index (χ1v) is 7.10. The number of alkyl halides is 3. The fraction of sp³-hybridized carbons (Fsp3) is 0.118. The van der Waals surface area contributed by atoms with Gasteiger partial charge in [0.15, 0.2) is 0 Å². The van der Waals surface area contributed by atoms with Crippen LogP contribution in [0, 0.1) is 6.92 Å². The van der Waals surface area contributed by atoms with Crippen LogP contribution in [0.4, 0.5) is 19.0 Å². The lowest BCUT2D eigenvalue weighted by atomic mass is 10.1. The first kappa shape index (κ1) is 15.9. The minimum absolute atomic E-state index is 0.272. The number of hydrogen-bond acceptors (Lipinski definition) is 3. The van der Waals surface area contributed by atoms with Crippen molar-refractivity contribution in [3.8, 4) is 22.7 Å². The Bertz CT molecular complexity index is 872. The van der Waals surface area contributed by atoms with Crippen LogP contribution in [0.2, 0.25) is 0 Å². The summed E-state index contributed by atoms with van der Waals surface area (Å²) in [5.74, 6) is -0.0239. The Kier molecular flexibility index (Phi) is 3.92. The molecule has 0 atom stereocenters. The summed E-state index contributed by atoms with van der Waals surface area (Å²) in [6.07, 6.45) is -4.74. The minimum Gasteiger partial charge on any atom is -0.406 e. The maximum Gasteiger partial charge on any atom is 0.573 e. The molecule has 0 aliphatic carbocycles. The van der Waals surface area contributed by atoms with Crippen LogP contribution < -0.4 is 10.5 Å². The normalized spacial score (nSPS) is 11.5. The van der Waals surface area contributed by atoms with Gasteiger partial charge in [0, 0.05) is 11.6 Å². The molecule has 0 bridgehead atoms. The zero-order valence-electron chi connectivity index (χ0n) is 12.7. The minimum atomic E-state index is -4.74. The van der Waals surface area contributed by atoms with Gasteiger partial charge in [0.05, 0.1) is 11.4 Å². The Morgan fingerprint density at radius 1 is 1.04 bits per heavy atom. The molecule has 124 valence electrons. The molecule has 2 aromatic carbocycles. The second-order valence-electron chi connectivity index (χ2n) is 5.28. The highest BCUT2D eigenvalue weighted by atomic mass is 19.4. The van der Waals surface area contributed by atoms with E-state index in [-0.39, 0.29) is 11.6 Å². The number of rotatable bonds is 3. The van der Waals surface area contributed by atoms with Crippen molar-refractivity contribution in [1.82, 2.24) is 9.78 Å². The van der Waals surface area contributed by atoms with E-state index in [1.54, 1.807) is 16.8 Å². The zero-order valence-corrected chi connectivity index (χ0v) is 12.7. The number of nitrogens with two attached hydrogens (primary N) is 1. The van der Waals surface area contributed by atoms with Crippen molar-refractivity contribution >= 4 is 5.82 Å². The van der Waals surface area contributed by atoms with Crippen LogP contribution in [0.15, 0.2) is 54.6 Å². The molecule has 0 fully saturated rings. The third-order valence-electron chi connectivity index (χ3n) is 3.34. The van der Waals surface area contributed by atoms with Crippen molar-refractivity contribution in [3.05, 3.63) is 60.2 Å². The molecule has 7 heteroatoms. The summed E-state index contributed by atoms with van der Waals surface area (Å²) in [4.78, 5) is 0. The van der Waals surface area contributed by atoms with Crippen molar-refractivity contribution in [2.45, 2.75) is 13.3 Å². The fourth-order valence-corrected chi connectivity index (χ4v) is 2.41. The quantitative estimate of drug-likeness (QED) is 0.776. The number of nitrogen functional groups attached to an aromatic ring is 1. The van der Waals surface area contributed by atoms with E-state index >= 15 is 0 Å². The molecule has 4 nitrogen and oxygen atoms in total. The van der Waals surface area contributed by atoms with Crippen LogP contribution in [-0.4, -0.2) is 16.1 Å². The molecule has 2 N–H and O–H groups in total. The molecule has 0 aliphatic rings. The summed E-state index contributed by atoms with van der Waals surface area (Å²) in [6.45, 7) is 1.94. The Labute approximate surface area is 136 Å². The predicted octanol–water partition coefficient (Wildman–Crippen LogP) is 4.33. The van der Waals surface area contributed by atoms with Gasteiger partial charge in [0.1, 0.15) is 11.6 Å². The lowest BCUT2D eigenvalue weighted by Gasteiger charge is -2.11. The highest BCUT2D eigenvalue weighted by Crippen LogP contribution is 2.30. The Morgan fingerprint density at radius 3 is 2.50 bits per heavy atom. The Balaban J connectivity index is 2.06. The van der Waals surface area contributed by atoms with Gasteiger partial charge in [-0.3, -0.25) is 0 Å². The van der Waals surface area contributed by atoms with Gasteiger partial charge in [-0.1, -0.05) is 24.3 Å². The number of benzene rings is 2. The number of hydrogen-bond donors (Lipinski definition) is 1. The number of nitrogens with zero attached hydrogens (tertiary/aromatic N) is 2. The standard InChI is InChI=1S/C17H14F3N3O/c1-11-4-2-6-13(8-11)23-15(10-16(21)22-23)12-5-3-7-14(9-12)24-17(18,19)20/h2-10H,1H3,(H2,21,22). The molecule has 0 aliphatic heterocycles. The van der Waals surface area contributed by atoms with Gasteiger partial charge >= 0.3 is 6.36 Å². The summed E-state index contributed by atoms with van der Waals surface area (Å²) < 4.78 is 42.8. The van der Waals surface area contributed by atoms with Crippen molar-refractivity contribution in [2.75, 3.05) is 5.73 Å². The monoisotopic (exact) mass is 333 g/mol. The fourth-order valence-electron chi connectivity index (χ4n) is 2.41. The van der Waals surface area contributed by atoms with E-state index in [0.717, 1.165) is 11.3 Å². The van der Waals surface area contributed by atoms with Crippen molar-refractivity contribution in [3.63, 3.8) is 0 Å². The van der Waals surface area contributed by atoms with Gasteiger partial charge in [-0.15, -0.1) is 13.2 Å². The SMILES string of the molecule is Cc1cccc(-n2nc(N)cc2-c2cccc(OC(F)(F)F)c2)c1. The van der Waals surface area contributed by atoms with Crippen LogP contribution in [0.3, 0.4) is 0 Å². The van der Waals surface area contributed by atoms with Gasteiger partial charge in [-0.2, -0.15) is 5.10 Å². The smallest absolute Gasteiger partial charge is 0.406 e. The topological polar surface area (TPSA) is 53.1 Å². The van der Waals surface area contributed by atoms with E-state index in [2.05, 4.69) is 9.84 Å². The lowest BCUT2D eigenvalue weighted by Crippen LogP contribution is -2.17. The molecule has 0 unspecified atom stereocenters. The van der Waals surface area contributed by atoms with Crippen LogP contribution in [-0.2, 0) is 0 Å². The van der Waals surface area contributed by atoms with Crippen molar-refractivity contribution < 1.29 is 17.9 Å². The van der Waals surface area contributed by atoms with Crippen LogP contribution in [0.25, 0.3) is 16.9 Å². The summed E-state index contributed by atoms with van der Waals surface area (Å²) in [5.41, 5.74) is 8.68. The largest absolute Gasteiger partial charge is 0.573 e. The van der Waals surface area contributed by atoms with E-state index in [0.29, 0.717) is 11.3 Å². The first-order valence-electron chi connectivity index (χ1n) is 7.10. The molecule has 1 heterocycles. The molecular weight excluding hydrogens is 319 g/mol. The van der Waals surface area contributed by atoms with Crippen LogP contribution >= 0.6 is 0 Å². The molecule has 0 amide bonds. The summed E-state index contributed by atoms with van der Waals surface area (Å²) >= 11 is 0. The highest BCUT2D eigenvalue weighted by Gasteiger charge is 2.31. The second kappa shape index (κ2) is 5.92. The molecular formula is C17H14F3N3O. The summed E-state index contributed by atoms with van der Waals surface area (Å²) in [6, 6.07) is 14.9. The van der Waals surface area contributed by atoms with Gasteiger partial charge in [0.25, 0.3) is 0 Å². The molecule has 0 radical (unpaired) electrons. The molecule has 3 rings (SSSR count). The number of aromatic nitrogens is 2. The molecule has 0 saturated carbocycles. The van der Waals surface area contributed by atoms with Gasteiger partial charge in [-0.25, -0.2) is 4.68 Å². The number of anilines is 1. The average molecular weight is 333 g/mol. The summed E-state index contributed by atoms with van der Waals surface area (Å²) in [7, 11) is 0. The Morgan fingerprint density at radius 2 is 1.79 bits per heavy atom. The van der Waals surface area contributed by atoms with Gasteiger partial charge in [-0.05, 0) is 36.8 Å². The number of ether oxygens (including phenoxy) is 1. The maximum absolute atomic E-state index is 12.4. The summed E-state index contributed by atoms with van der Waals surface area (Å²) in [5, 5.41) is 4.23. The second-order valence-corrected chi connectivity index (χ2v) is 5.28. The van der Waals surface area contributed by atoms with E-state index in [4.69, 9.17) is 5.73 Å². The van der Waals surface area contributed by atoms with E-state index in [9.17, 15) is 13.2 Å². The zero-order chi connectivity index (χ0) is 17.3. The van der Waals surface area contributed by atoms with Gasteiger partial charge < -0.3 is 10.5 Å². The lowest BCUT2D eigenvalue weighted by molar-refractivity contribution is -0.274.